The Hall–Kier alpha value is -13.4. The highest BCUT2D eigenvalue weighted by atomic mass is 15.2. The molecule has 4 heterocycles. The van der Waals surface area contributed by atoms with Gasteiger partial charge in [-0.3, -0.25) is 0 Å². The zero-order chi connectivity index (χ0) is 84.0. The smallest absolute Gasteiger partial charge is 0.252 e. The fourth-order valence-corrected chi connectivity index (χ4v) is 19.1. The van der Waals surface area contributed by atoms with Crippen LogP contribution in [0.3, 0.4) is 0 Å². The molecule has 0 amide bonds. The third kappa shape index (κ3) is 13.5. The molecule has 2 aliphatic heterocycles. The van der Waals surface area contributed by atoms with Crippen LogP contribution in [0, 0.1) is 0 Å². The monoisotopic (exact) mass is 1580 g/mol. The molecule has 18 aromatic rings. The molecule has 16 aromatic carbocycles. The van der Waals surface area contributed by atoms with E-state index in [0.717, 1.165) is 124 Å². The third-order valence-corrected chi connectivity index (χ3v) is 25.8. The highest BCUT2D eigenvalue weighted by molar-refractivity contribution is 7.00. The summed E-state index contributed by atoms with van der Waals surface area (Å²) in [6.45, 7) is 35.1. The molecule has 0 unspecified atom stereocenters. The molecule has 2 aliphatic rings. The molecule has 6 heteroatoms. The molecule has 2 aromatic heterocycles. The maximum Gasteiger partial charge on any atom is 0.252 e. The minimum atomic E-state index is -0.301. The van der Waals surface area contributed by atoms with Gasteiger partial charge in [0.05, 0.1) is 27.8 Å². The summed E-state index contributed by atoms with van der Waals surface area (Å²) in [4.78, 5) is 7.82. The third-order valence-electron chi connectivity index (χ3n) is 25.8. The van der Waals surface area contributed by atoms with E-state index in [1.165, 1.54) is 82.3 Å². The van der Waals surface area contributed by atoms with Crippen molar-refractivity contribution >= 4 is 118 Å². The second-order valence-electron chi connectivity index (χ2n) is 39.1. The molecule has 0 N–H and O–H groups in total. The van der Waals surface area contributed by atoms with Crippen molar-refractivity contribution in [3.63, 3.8) is 0 Å². The van der Waals surface area contributed by atoms with Crippen LogP contribution in [0.2, 0.25) is 0 Å². The molecule has 0 radical (unpaired) electrons. The molecule has 0 spiro atoms. The molecule has 122 heavy (non-hydrogen) atoms. The average Bonchev–Trinajstić information content (AvgIpc) is 0.741. The maximum atomic E-state index is 2.75. The van der Waals surface area contributed by atoms with Crippen molar-refractivity contribution in [3.05, 3.63) is 386 Å². The van der Waals surface area contributed by atoms with E-state index >= 15 is 0 Å². The van der Waals surface area contributed by atoms with Crippen molar-refractivity contribution in [1.82, 2.24) is 9.13 Å². The lowest BCUT2D eigenvalue weighted by molar-refractivity contribution is 0.569. The Morgan fingerprint density at radius 1 is 0.221 bits per heavy atom. The van der Waals surface area contributed by atoms with E-state index < -0.39 is 0 Å². The Kier molecular flexibility index (Phi) is 18.5. The van der Waals surface area contributed by atoms with Gasteiger partial charge in [-0.05, 0) is 255 Å². The van der Waals surface area contributed by atoms with Crippen molar-refractivity contribution < 1.29 is 0 Å². The number of hydrogen-bond acceptors (Lipinski definition) is 3. The van der Waals surface area contributed by atoms with Crippen LogP contribution in [0.15, 0.2) is 358 Å². The van der Waals surface area contributed by atoms with Crippen molar-refractivity contribution in [2.75, 3.05) is 14.7 Å². The Labute approximate surface area is 720 Å². The number of aromatic nitrogens is 2. The zero-order valence-electron chi connectivity index (χ0n) is 72.9. The fraction of sp³-hybridized carbons (Fsp3) is 0.172. The fourth-order valence-electron chi connectivity index (χ4n) is 19.1. The van der Waals surface area contributed by atoms with Gasteiger partial charge in [0.2, 0.25) is 0 Å². The van der Waals surface area contributed by atoms with Crippen LogP contribution in [0.25, 0.3) is 111 Å². The van der Waals surface area contributed by atoms with E-state index in [9.17, 15) is 0 Å². The van der Waals surface area contributed by atoms with Gasteiger partial charge < -0.3 is 23.8 Å². The molecule has 5 nitrogen and oxygen atoms in total. The van der Waals surface area contributed by atoms with Gasteiger partial charge in [0.25, 0.3) is 6.71 Å². The second kappa shape index (κ2) is 29.2. The first-order valence-corrected chi connectivity index (χ1v) is 43.5. The molecule has 0 fully saturated rings. The summed E-state index contributed by atoms with van der Waals surface area (Å²) in [5, 5.41) is 4.86. The van der Waals surface area contributed by atoms with Crippen LogP contribution >= 0.6 is 0 Å². The molecule has 0 saturated carbocycles. The van der Waals surface area contributed by atoms with E-state index in [1.807, 2.05) is 0 Å². The predicted molar refractivity (Wildman–Crippen MR) is 525 cm³/mol. The van der Waals surface area contributed by atoms with E-state index in [-0.39, 0.29) is 33.8 Å². The predicted octanol–water partition coefficient (Wildman–Crippen LogP) is 30.3. The van der Waals surface area contributed by atoms with Gasteiger partial charge in [-0.2, -0.15) is 0 Å². The van der Waals surface area contributed by atoms with E-state index in [4.69, 9.17) is 0 Å². The summed E-state index contributed by atoms with van der Waals surface area (Å²) < 4.78 is 5.11. The number of benzene rings is 16. The van der Waals surface area contributed by atoms with Gasteiger partial charge >= 0.3 is 0 Å². The first kappa shape index (κ1) is 77.2. The highest BCUT2D eigenvalue weighted by Crippen LogP contribution is 2.55. The van der Waals surface area contributed by atoms with Gasteiger partial charge in [-0.1, -0.05) is 322 Å². The lowest BCUT2D eigenvalue weighted by Crippen LogP contribution is -2.61. The summed E-state index contributed by atoms with van der Waals surface area (Å²) in [6.07, 6.45) is 0. The van der Waals surface area contributed by atoms with Crippen LogP contribution in [0.5, 0.6) is 0 Å². The van der Waals surface area contributed by atoms with Crippen molar-refractivity contribution in [1.29, 1.82) is 0 Å². The second-order valence-corrected chi connectivity index (χ2v) is 39.1. The minimum absolute atomic E-state index is 0.0763. The van der Waals surface area contributed by atoms with E-state index in [1.54, 1.807) is 0 Å². The standard InChI is InChI=1S/C116H104BN5/c1-112(2,3)83-50-57-103-97(68-83)98-69-84(113(4,5)6)51-58-104(98)120(103)91-52-55-100-106(73-91)121(93-63-79(75-36-22-16-23-37-75)60-80(64-93)76-38-24-17-25-39-76)108-65-82(81-61-85(114(7,8)9)67-86(62-81)115(10,11)12)66-109-110(108)117(100)101-56-53-92(74-107(101)122(109)111-95(77-40-26-18-27-41-77)70-87(116(13,14)15)71-96(111)78-42-28-19-29-43-78)119-102-49-35-34-48-94(102)99-72-90(54-59-105(99)119)118(88-44-30-20-31-45-88)89-46-32-21-33-47-89/h16-74H,1-15H3. The quantitative estimate of drug-likeness (QED) is 0.114. The van der Waals surface area contributed by atoms with Gasteiger partial charge in [0.1, 0.15) is 0 Å². The molecule has 0 bridgehead atoms. The lowest BCUT2D eigenvalue weighted by atomic mass is 9.33. The minimum Gasteiger partial charge on any atom is -0.311 e. The number of para-hydroxylation sites is 3. The molecule has 20 rings (SSSR count). The van der Waals surface area contributed by atoms with Gasteiger partial charge in [0, 0.05) is 89.5 Å². The van der Waals surface area contributed by atoms with Crippen LogP contribution in [-0.2, 0) is 27.1 Å². The van der Waals surface area contributed by atoms with Crippen LogP contribution < -0.4 is 31.1 Å². The largest absolute Gasteiger partial charge is 0.311 e. The Balaban J connectivity index is 0.952. The topological polar surface area (TPSA) is 19.6 Å². The summed E-state index contributed by atoms with van der Waals surface area (Å²) in [5.41, 5.74) is 37.5. The number of fused-ring (bicyclic) bond motifs is 10. The lowest BCUT2D eigenvalue weighted by Gasteiger charge is -2.45. The van der Waals surface area contributed by atoms with Gasteiger partial charge in [-0.25, -0.2) is 0 Å². The Bertz CT molecular complexity index is 6860. The first-order valence-electron chi connectivity index (χ1n) is 43.5. The molecule has 0 saturated heterocycles. The summed E-state index contributed by atoms with van der Waals surface area (Å²) in [7, 11) is 0. The number of hydrogen-bond donors (Lipinski definition) is 0. The van der Waals surface area contributed by atoms with E-state index in [2.05, 4.69) is 486 Å². The van der Waals surface area contributed by atoms with Gasteiger partial charge in [0.15, 0.2) is 0 Å². The summed E-state index contributed by atoms with van der Waals surface area (Å²) in [6, 6.07) is 137. The van der Waals surface area contributed by atoms with Crippen LogP contribution in [0.1, 0.15) is 132 Å². The normalized spacial score (nSPS) is 13.0. The van der Waals surface area contributed by atoms with Gasteiger partial charge in [-0.15, -0.1) is 0 Å². The van der Waals surface area contributed by atoms with E-state index in [0.29, 0.717) is 0 Å². The maximum absolute atomic E-state index is 2.75. The molecular formula is C116H104BN5. The highest BCUT2D eigenvalue weighted by Gasteiger charge is 2.46. The molecule has 0 atom stereocenters. The van der Waals surface area contributed by atoms with Crippen LogP contribution in [0.4, 0.5) is 51.2 Å². The molecule has 596 valence electrons. The SMILES string of the molecule is CC(C)(C)c1cc(-c2cc3c4c(c2)N(c2c(-c5ccccc5)cc(C(C)(C)C)cc2-c2ccccc2)c2cc(-n5c6ccccc6c6cc(N(c7ccccc7)c7ccccc7)ccc65)ccc2B4c2ccc(-n4c5ccc(C(C)(C)C)cc5c5cc(C(C)(C)C)ccc54)cc2N3c2cc(-c3ccccc3)cc(-c3ccccc3)c2)cc(C(C)(C)C)c1. The van der Waals surface area contributed by atoms with Crippen LogP contribution in [-0.4, -0.2) is 15.8 Å². The number of rotatable bonds is 12. The first-order chi connectivity index (χ1) is 58.7. The van der Waals surface area contributed by atoms with Crippen molar-refractivity contribution in [2.24, 2.45) is 0 Å². The zero-order valence-corrected chi connectivity index (χ0v) is 72.9. The summed E-state index contributed by atoms with van der Waals surface area (Å²) >= 11 is 0. The summed E-state index contributed by atoms with van der Waals surface area (Å²) in [5.74, 6) is 0. The average molecular weight is 1580 g/mol. The Morgan fingerprint density at radius 3 is 1.03 bits per heavy atom. The number of nitrogens with zero attached hydrogens (tertiary/aromatic N) is 5. The molecular weight excluding hydrogens is 1470 g/mol. The number of anilines is 9. The van der Waals surface area contributed by atoms with Crippen molar-refractivity contribution in [3.8, 4) is 67.0 Å². The van der Waals surface area contributed by atoms with Crippen molar-refractivity contribution in [2.45, 2.75) is 131 Å². The Morgan fingerprint density at radius 2 is 0.582 bits per heavy atom. The molecule has 0 aliphatic carbocycles.